The molecule has 1 atom stereocenters. The Bertz CT molecular complexity index is 209. The van der Waals surface area contributed by atoms with Crippen molar-refractivity contribution in [3.8, 4) is 0 Å². The van der Waals surface area contributed by atoms with E-state index in [0.29, 0.717) is 0 Å². The summed E-state index contributed by atoms with van der Waals surface area (Å²) in [4.78, 5) is 8.12. The molecule has 1 rings (SSSR count). The van der Waals surface area contributed by atoms with Gasteiger partial charge in [0, 0.05) is 5.34 Å². The van der Waals surface area contributed by atoms with E-state index < -0.39 is 0 Å². The van der Waals surface area contributed by atoms with E-state index >= 15 is 0 Å². The van der Waals surface area contributed by atoms with Gasteiger partial charge in [-0.25, -0.2) is 0 Å². The third kappa shape index (κ3) is 5.17. The Morgan fingerprint density at radius 3 is 2.62 bits per heavy atom. The second kappa shape index (κ2) is 6.40. The fourth-order valence-corrected chi connectivity index (χ4v) is 1.41. The van der Waals surface area contributed by atoms with Crippen LogP contribution in [0.2, 0.25) is 0 Å². The zero-order valence-electron chi connectivity index (χ0n) is 8.30. The molecule has 13 heavy (non-hydrogen) atoms. The third-order valence-electron chi connectivity index (χ3n) is 2.33. The number of hydrogen-bond acceptors (Lipinski definition) is 2. The van der Waals surface area contributed by atoms with Crippen molar-refractivity contribution in [2.24, 2.45) is 5.92 Å². The van der Waals surface area contributed by atoms with Gasteiger partial charge < -0.3 is 0 Å². The van der Waals surface area contributed by atoms with Gasteiger partial charge in [0.2, 0.25) is 0 Å². The second-order valence-corrected chi connectivity index (χ2v) is 3.45. The zero-order chi connectivity index (χ0) is 10.3. The largest absolute Gasteiger partial charge is 0.267 e. The Kier molecular flexibility index (Phi) is 5.85. The van der Waals surface area contributed by atoms with E-state index in [0.717, 1.165) is 5.92 Å². The van der Waals surface area contributed by atoms with Crippen LogP contribution >= 0.6 is 0 Å². The Balaban J connectivity index is 0.000000424. The van der Waals surface area contributed by atoms with Gasteiger partial charge in [-0.15, -0.1) is 0 Å². The van der Waals surface area contributed by atoms with Crippen LogP contribution < -0.4 is 5.34 Å². The van der Waals surface area contributed by atoms with Crippen molar-refractivity contribution in [1.82, 2.24) is 0 Å². The summed E-state index contributed by atoms with van der Waals surface area (Å²) in [5.74, 6) is 0.767. The highest BCUT2D eigenvalue weighted by atomic mass is 16.6. The summed E-state index contributed by atoms with van der Waals surface area (Å²) in [6.07, 6.45) is 6.17. The molecule has 0 amide bonds. The van der Waals surface area contributed by atoms with Gasteiger partial charge in [0.15, 0.2) is 0 Å². The highest BCUT2D eigenvalue weighted by molar-refractivity contribution is 5.09. The number of allylic oxidation sites excluding steroid dienone is 3. The van der Waals surface area contributed by atoms with Crippen LogP contribution in [0.4, 0.5) is 0 Å². The lowest BCUT2D eigenvalue weighted by atomic mass is 9.86. The lowest BCUT2D eigenvalue weighted by Crippen LogP contribution is -2.53. The van der Waals surface area contributed by atoms with E-state index in [4.69, 9.17) is 10.1 Å². The van der Waals surface area contributed by atoms with E-state index in [9.17, 15) is 0 Å². The van der Waals surface area contributed by atoms with Crippen molar-refractivity contribution in [3.63, 3.8) is 0 Å². The van der Waals surface area contributed by atoms with Gasteiger partial charge in [0.25, 0.3) is 0 Å². The van der Waals surface area contributed by atoms with Crippen LogP contribution in [-0.2, 0) is 0 Å². The van der Waals surface area contributed by atoms with Crippen LogP contribution in [0.25, 0.3) is 0 Å². The molecule has 0 radical (unpaired) electrons. The van der Waals surface area contributed by atoms with E-state index in [1.807, 2.05) is 0 Å². The molecule has 0 spiro atoms. The van der Waals surface area contributed by atoms with Crippen LogP contribution in [0.3, 0.4) is 0 Å². The number of rotatable bonds is 1. The first-order valence-corrected chi connectivity index (χ1v) is 4.42. The first-order chi connectivity index (χ1) is 6.11. The minimum absolute atomic E-state index is 0.250. The highest BCUT2D eigenvalue weighted by Gasteiger charge is 2.11. The summed E-state index contributed by atoms with van der Waals surface area (Å²) < 4.78 is 0. The van der Waals surface area contributed by atoms with Gasteiger partial charge in [-0.05, 0) is 39.0 Å². The maximum atomic E-state index is 8.12. The van der Waals surface area contributed by atoms with Crippen LogP contribution in [0.5, 0.6) is 0 Å². The number of hydrogen-bond donors (Lipinski definition) is 1. The van der Waals surface area contributed by atoms with E-state index in [-0.39, 0.29) is 5.34 Å². The standard InChI is InChI=1S/C10H16.HNO2/c1-8(2)10-6-4-9(3)5-7-10;2-1-3/h4,10H,1,5-7H2,2-3H3;1H. The summed E-state index contributed by atoms with van der Waals surface area (Å²) in [6.45, 7) is 8.33. The van der Waals surface area contributed by atoms with Crippen LogP contribution in [0.15, 0.2) is 23.8 Å². The molecule has 0 aromatic heterocycles. The molecule has 3 heteroatoms. The van der Waals surface area contributed by atoms with Crippen LogP contribution in [-0.4, -0.2) is 0 Å². The zero-order valence-corrected chi connectivity index (χ0v) is 8.30. The Morgan fingerprint density at radius 1 is 1.77 bits per heavy atom. The molecule has 3 nitrogen and oxygen atoms in total. The Labute approximate surface area is 79.1 Å². The van der Waals surface area contributed by atoms with Gasteiger partial charge >= 0.3 is 0 Å². The molecule has 0 aromatic rings. The van der Waals surface area contributed by atoms with E-state index in [1.54, 1.807) is 5.57 Å². The summed E-state index contributed by atoms with van der Waals surface area (Å²) in [6, 6.07) is 0. The average molecular weight is 183 g/mol. The minimum atomic E-state index is 0.250. The minimum Gasteiger partial charge on any atom is -0.267 e. The molecule has 0 fully saturated rings. The maximum absolute atomic E-state index is 8.12. The summed E-state index contributed by atoms with van der Waals surface area (Å²) in [7, 11) is 0. The summed E-state index contributed by atoms with van der Waals surface area (Å²) in [5, 5.41) is 8.38. The van der Waals surface area contributed by atoms with Crippen molar-refractivity contribution < 1.29 is 5.34 Å². The lowest BCUT2D eigenvalue weighted by Gasteiger charge is -2.19. The molecule has 0 heterocycles. The first kappa shape index (κ1) is 11.9. The number of nitrogens with one attached hydrogen (secondary N) is 1. The molecule has 0 saturated carbocycles. The maximum Gasteiger partial charge on any atom is 0.00366 e. The summed E-state index contributed by atoms with van der Waals surface area (Å²) in [5.41, 5.74) is 2.90. The van der Waals surface area contributed by atoms with Crippen molar-refractivity contribution in [2.75, 3.05) is 0 Å². The first-order valence-electron chi connectivity index (χ1n) is 4.42. The monoisotopic (exact) mass is 183 g/mol. The van der Waals surface area contributed by atoms with E-state index in [2.05, 4.69) is 26.5 Å². The molecule has 1 aliphatic rings. The molecule has 0 bridgehead atoms. The van der Waals surface area contributed by atoms with E-state index in [1.165, 1.54) is 24.8 Å². The van der Waals surface area contributed by atoms with Gasteiger partial charge in [-0.3, -0.25) is 10.1 Å². The molecule has 0 aromatic carbocycles. The molecule has 0 saturated heterocycles. The fraction of sp³-hybridized carbons (Fsp3) is 0.600. The molecular weight excluding hydrogens is 166 g/mol. The molecule has 1 unspecified atom stereocenters. The summed E-state index contributed by atoms with van der Waals surface area (Å²) >= 11 is 0. The molecule has 1 aliphatic carbocycles. The predicted octanol–water partition coefficient (Wildman–Crippen LogP) is 1.64. The lowest BCUT2D eigenvalue weighted by molar-refractivity contribution is -0.398. The Hall–Kier alpha value is -1.12. The van der Waals surface area contributed by atoms with Gasteiger partial charge in [-0.2, -0.15) is 0 Å². The van der Waals surface area contributed by atoms with Crippen molar-refractivity contribution in [2.45, 2.75) is 33.1 Å². The van der Waals surface area contributed by atoms with Crippen molar-refractivity contribution >= 4 is 0 Å². The highest BCUT2D eigenvalue weighted by Crippen LogP contribution is 2.27. The fourth-order valence-electron chi connectivity index (χ4n) is 1.41. The van der Waals surface area contributed by atoms with Crippen molar-refractivity contribution in [3.05, 3.63) is 33.9 Å². The molecule has 1 N–H and O–H groups in total. The normalized spacial score (nSPS) is 20.8. The molecule has 0 aliphatic heterocycles. The average Bonchev–Trinajstić information content (AvgIpc) is 2.06. The second-order valence-electron chi connectivity index (χ2n) is 3.45. The third-order valence-corrected chi connectivity index (χ3v) is 2.33. The predicted molar refractivity (Wildman–Crippen MR) is 53.6 cm³/mol. The topological polar surface area (TPSA) is 54.1 Å². The smallest absolute Gasteiger partial charge is 0.00366 e. The Morgan fingerprint density at radius 2 is 2.31 bits per heavy atom. The molecule has 74 valence electrons. The SMILES string of the molecule is C=C(C)C1CC=C(C)CC1.O=[NH+][O-]. The van der Waals surface area contributed by atoms with Crippen LogP contribution in [0.1, 0.15) is 33.1 Å². The molecular formula is C10H17NO2. The quantitative estimate of drug-likeness (QED) is 0.381. The van der Waals surface area contributed by atoms with Crippen molar-refractivity contribution in [1.29, 1.82) is 0 Å². The van der Waals surface area contributed by atoms with Gasteiger partial charge in [-0.1, -0.05) is 23.8 Å². The van der Waals surface area contributed by atoms with Crippen LogP contribution in [0, 0.1) is 16.0 Å². The van der Waals surface area contributed by atoms with Gasteiger partial charge in [0.1, 0.15) is 0 Å². The van der Waals surface area contributed by atoms with Gasteiger partial charge in [0.05, 0.1) is 0 Å².